The molecule has 0 saturated heterocycles. The van der Waals surface area contributed by atoms with E-state index < -0.39 is 0 Å². The second kappa shape index (κ2) is 6.77. The Labute approximate surface area is 123 Å². The average Bonchev–Trinajstić information content (AvgIpc) is 3.15. The Bertz CT molecular complexity index is 421. The first-order chi connectivity index (χ1) is 9.47. The highest BCUT2D eigenvalue weighted by atomic mass is 16.3. The minimum Gasteiger partial charge on any atom is -0.465 e. The van der Waals surface area contributed by atoms with E-state index in [4.69, 9.17) is 4.42 Å². The topological polar surface area (TPSA) is 28.4 Å². The summed E-state index contributed by atoms with van der Waals surface area (Å²) in [7, 11) is 2.23. The quantitative estimate of drug-likeness (QED) is 0.788. The molecular formula is C17H30N2O. The van der Waals surface area contributed by atoms with Crippen LogP contribution in [-0.4, -0.2) is 24.5 Å². The molecule has 3 nitrogen and oxygen atoms in total. The number of furan rings is 1. The molecule has 1 heterocycles. The normalized spacial score (nSPS) is 17.1. The van der Waals surface area contributed by atoms with Crippen LogP contribution in [0.1, 0.15) is 50.7 Å². The van der Waals surface area contributed by atoms with Crippen molar-refractivity contribution in [2.24, 2.45) is 11.8 Å². The number of rotatable bonds is 8. The van der Waals surface area contributed by atoms with E-state index in [2.05, 4.69) is 51.0 Å². The van der Waals surface area contributed by atoms with E-state index in [0.717, 1.165) is 37.1 Å². The zero-order valence-corrected chi connectivity index (χ0v) is 13.7. The molecule has 1 aliphatic carbocycles. The first-order valence-corrected chi connectivity index (χ1v) is 7.96. The SMILES string of the molecule is Cc1oc(CNCC(C)C)cc1CN(C)C(C)C1CC1. The van der Waals surface area contributed by atoms with Gasteiger partial charge >= 0.3 is 0 Å². The number of aryl methyl sites for hydroxylation is 1. The molecule has 1 aromatic rings. The van der Waals surface area contributed by atoms with E-state index in [0.29, 0.717) is 12.0 Å². The van der Waals surface area contributed by atoms with E-state index >= 15 is 0 Å². The molecule has 1 unspecified atom stereocenters. The lowest BCUT2D eigenvalue weighted by molar-refractivity contribution is 0.225. The molecule has 1 N–H and O–H groups in total. The molecule has 0 amide bonds. The maximum Gasteiger partial charge on any atom is 0.118 e. The Morgan fingerprint density at radius 3 is 2.65 bits per heavy atom. The van der Waals surface area contributed by atoms with Gasteiger partial charge in [-0.25, -0.2) is 0 Å². The van der Waals surface area contributed by atoms with E-state index in [1.165, 1.54) is 18.4 Å². The van der Waals surface area contributed by atoms with Crippen molar-refractivity contribution in [3.63, 3.8) is 0 Å². The molecule has 114 valence electrons. The first-order valence-electron chi connectivity index (χ1n) is 7.96. The number of nitrogens with one attached hydrogen (secondary N) is 1. The summed E-state index contributed by atoms with van der Waals surface area (Å²) < 4.78 is 5.86. The van der Waals surface area contributed by atoms with E-state index in [1.807, 2.05) is 0 Å². The van der Waals surface area contributed by atoms with Gasteiger partial charge in [0.25, 0.3) is 0 Å². The molecule has 1 fully saturated rings. The van der Waals surface area contributed by atoms with Crippen LogP contribution < -0.4 is 5.32 Å². The summed E-state index contributed by atoms with van der Waals surface area (Å²) in [4.78, 5) is 2.46. The molecule has 0 radical (unpaired) electrons. The van der Waals surface area contributed by atoms with Crippen LogP contribution in [-0.2, 0) is 13.1 Å². The highest BCUT2D eigenvalue weighted by Gasteiger charge is 2.30. The zero-order chi connectivity index (χ0) is 14.7. The van der Waals surface area contributed by atoms with Crippen molar-refractivity contribution >= 4 is 0 Å². The second-order valence-electron chi connectivity index (χ2n) is 6.81. The van der Waals surface area contributed by atoms with Crippen LogP contribution in [0, 0.1) is 18.8 Å². The van der Waals surface area contributed by atoms with Crippen LogP contribution in [0.2, 0.25) is 0 Å². The van der Waals surface area contributed by atoms with Crippen LogP contribution >= 0.6 is 0 Å². The fourth-order valence-corrected chi connectivity index (χ4v) is 2.67. The third-order valence-corrected chi connectivity index (χ3v) is 4.34. The molecule has 2 rings (SSSR count). The molecular weight excluding hydrogens is 248 g/mol. The third kappa shape index (κ3) is 4.35. The lowest BCUT2D eigenvalue weighted by atomic mass is 10.1. The van der Waals surface area contributed by atoms with Gasteiger partial charge in [-0.2, -0.15) is 0 Å². The summed E-state index contributed by atoms with van der Waals surface area (Å²) in [6.45, 7) is 11.7. The van der Waals surface area contributed by atoms with Crippen LogP contribution in [0.3, 0.4) is 0 Å². The standard InChI is InChI=1S/C17H30N2O/c1-12(2)9-18-10-17-8-16(14(4)20-17)11-19(5)13(3)15-6-7-15/h8,12-13,15,18H,6-7,9-11H2,1-5H3. The molecule has 3 heteroatoms. The summed E-state index contributed by atoms with van der Waals surface area (Å²) in [5, 5.41) is 3.44. The first kappa shape index (κ1) is 15.6. The van der Waals surface area contributed by atoms with E-state index in [-0.39, 0.29) is 0 Å². The molecule has 0 aliphatic heterocycles. The summed E-state index contributed by atoms with van der Waals surface area (Å²) in [6, 6.07) is 2.91. The second-order valence-corrected chi connectivity index (χ2v) is 6.81. The van der Waals surface area contributed by atoms with Gasteiger partial charge in [0.2, 0.25) is 0 Å². The van der Waals surface area contributed by atoms with Crippen molar-refractivity contribution in [1.82, 2.24) is 10.2 Å². The third-order valence-electron chi connectivity index (χ3n) is 4.34. The van der Waals surface area contributed by atoms with Crippen LogP contribution in [0.5, 0.6) is 0 Å². The van der Waals surface area contributed by atoms with Crippen molar-refractivity contribution in [3.8, 4) is 0 Å². The number of nitrogens with zero attached hydrogens (tertiary/aromatic N) is 1. The summed E-state index contributed by atoms with van der Waals surface area (Å²) in [5.74, 6) is 3.72. The zero-order valence-electron chi connectivity index (χ0n) is 13.7. The maximum absolute atomic E-state index is 5.86. The van der Waals surface area contributed by atoms with Gasteiger partial charge in [-0.05, 0) is 58.2 Å². The van der Waals surface area contributed by atoms with E-state index in [1.54, 1.807) is 0 Å². The fourth-order valence-electron chi connectivity index (χ4n) is 2.67. The van der Waals surface area contributed by atoms with Crippen LogP contribution in [0.25, 0.3) is 0 Å². The lowest BCUT2D eigenvalue weighted by Gasteiger charge is -2.24. The van der Waals surface area contributed by atoms with Gasteiger partial charge in [-0.3, -0.25) is 4.90 Å². The van der Waals surface area contributed by atoms with Gasteiger partial charge < -0.3 is 9.73 Å². The lowest BCUT2D eigenvalue weighted by Crippen LogP contribution is -2.30. The van der Waals surface area contributed by atoms with Crippen molar-refractivity contribution < 1.29 is 4.42 Å². The highest BCUT2D eigenvalue weighted by Crippen LogP contribution is 2.35. The molecule has 1 atom stereocenters. The summed E-state index contributed by atoms with van der Waals surface area (Å²) in [5.41, 5.74) is 1.33. The highest BCUT2D eigenvalue weighted by molar-refractivity contribution is 5.21. The van der Waals surface area contributed by atoms with Crippen LogP contribution in [0.4, 0.5) is 0 Å². The smallest absolute Gasteiger partial charge is 0.118 e. The number of hydrogen-bond donors (Lipinski definition) is 1. The molecule has 0 bridgehead atoms. The molecule has 0 spiro atoms. The minimum absolute atomic E-state index is 0.677. The minimum atomic E-state index is 0.677. The van der Waals surface area contributed by atoms with Crippen molar-refractivity contribution in [3.05, 3.63) is 23.2 Å². The number of hydrogen-bond acceptors (Lipinski definition) is 3. The Morgan fingerprint density at radius 2 is 2.05 bits per heavy atom. The van der Waals surface area contributed by atoms with Crippen molar-refractivity contribution in [1.29, 1.82) is 0 Å². The Morgan fingerprint density at radius 1 is 1.35 bits per heavy atom. The van der Waals surface area contributed by atoms with Gasteiger partial charge in [0.05, 0.1) is 6.54 Å². The largest absolute Gasteiger partial charge is 0.465 e. The molecule has 0 aromatic carbocycles. The van der Waals surface area contributed by atoms with Gasteiger partial charge in [0.1, 0.15) is 11.5 Å². The monoisotopic (exact) mass is 278 g/mol. The molecule has 1 aromatic heterocycles. The van der Waals surface area contributed by atoms with Gasteiger partial charge in [0.15, 0.2) is 0 Å². The molecule has 1 aliphatic rings. The summed E-state index contributed by atoms with van der Waals surface area (Å²) >= 11 is 0. The van der Waals surface area contributed by atoms with Crippen molar-refractivity contribution in [2.45, 2.75) is 59.7 Å². The predicted octanol–water partition coefficient (Wildman–Crippen LogP) is 3.56. The fraction of sp³-hybridized carbons (Fsp3) is 0.765. The Kier molecular flexibility index (Phi) is 5.28. The molecule has 20 heavy (non-hydrogen) atoms. The van der Waals surface area contributed by atoms with Gasteiger partial charge in [-0.15, -0.1) is 0 Å². The van der Waals surface area contributed by atoms with Gasteiger partial charge in [-0.1, -0.05) is 13.8 Å². The van der Waals surface area contributed by atoms with Crippen LogP contribution in [0.15, 0.2) is 10.5 Å². The van der Waals surface area contributed by atoms with Gasteiger partial charge in [0, 0.05) is 18.2 Å². The summed E-state index contributed by atoms with van der Waals surface area (Å²) in [6.07, 6.45) is 2.81. The predicted molar refractivity (Wildman–Crippen MR) is 83.6 cm³/mol. The van der Waals surface area contributed by atoms with E-state index in [9.17, 15) is 0 Å². The van der Waals surface area contributed by atoms with Crippen molar-refractivity contribution in [2.75, 3.05) is 13.6 Å². The average molecular weight is 278 g/mol. The maximum atomic E-state index is 5.86. The molecule has 1 saturated carbocycles. The Balaban J connectivity index is 1.86. The Hall–Kier alpha value is -0.800.